The van der Waals surface area contributed by atoms with Gasteiger partial charge in [-0.1, -0.05) is 0 Å². The molecule has 1 N–H and O–H groups in total. The Balaban J connectivity index is 2.80. The number of nitro groups is 1. The molecule has 1 aromatic rings. The van der Waals surface area contributed by atoms with E-state index in [-0.39, 0.29) is 36.6 Å². The van der Waals surface area contributed by atoms with Gasteiger partial charge in [-0.05, 0) is 19.9 Å². The number of carboxylic acids is 1. The summed E-state index contributed by atoms with van der Waals surface area (Å²) in [6, 6.07) is 2.10. The maximum Gasteiger partial charge on any atom is 0.354 e. The maximum atomic E-state index is 10.8. The normalized spacial score (nSPS) is 10.5. The van der Waals surface area contributed by atoms with Crippen molar-refractivity contribution in [3.63, 3.8) is 0 Å². The van der Waals surface area contributed by atoms with E-state index in [1.165, 1.54) is 0 Å². The zero-order valence-electron chi connectivity index (χ0n) is 10.5. The van der Waals surface area contributed by atoms with Crippen molar-refractivity contribution >= 4 is 11.7 Å². The second-order valence-electron chi connectivity index (χ2n) is 3.85. The molecule has 0 radical (unpaired) electrons. The van der Waals surface area contributed by atoms with Gasteiger partial charge >= 0.3 is 11.7 Å². The fourth-order valence-corrected chi connectivity index (χ4v) is 1.22. The minimum Gasteiger partial charge on any atom is -0.477 e. The van der Waals surface area contributed by atoms with E-state index in [9.17, 15) is 14.9 Å². The van der Waals surface area contributed by atoms with E-state index in [0.29, 0.717) is 0 Å². The molecule has 8 nitrogen and oxygen atoms in total. The maximum absolute atomic E-state index is 10.8. The number of hydrogen-bond donors (Lipinski definition) is 1. The summed E-state index contributed by atoms with van der Waals surface area (Å²) in [6.07, 6.45) is 0.0110. The zero-order chi connectivity index (χ0) is 14.4. The molecule has 0 amide bonds. The van der Waals surface area contributed by atoms with Crippen molar-refractivity contribution in [2.75, 3.05) is 13.2 Å². The van der Waals surface area contributed by atoms with Crippen LogP contribution in [0.25, 0.3) is 0 Å². The monoisotopic (exact) mass is 270 g/mol. The molecule has 0 bridgehead atoms. The number of ether oxygens (including phenoxy) is 2. The lowest BCUT2D eigenvalue weighted by molar-refractivity contribution is -0.386. The Hall–Kier alpha value is -2.22. The molecule has 0 fully saturated rings. The zero-order valence-corrected chi connectivity index (χ0v) is 10.5. The minimum atomic E-state index is -1.28. The van der Waals surface area contributed by atoms with Crippen LogP contribution in [-0.2, 0) is 4.74 Å². The Labute approximate surface area is 109 Å². The number of rotatable bonds is 7. The minimum absolute atomic E-state index is 0.0110. The highest BCUT2D eigenvalue weighted by Gasteiger charge is 2.19. The Morgan fingerprint density at radius 2 is 2.16 bits per heavy atom. The first-order chi connectivity index (χ1) is 8.91. The SMILES string of the molecule is CC(C)OCCOc1nc(C(=O)O)ccc1[N+](=O)[O-]. The summed E-state index contributed by atoms with van der Waals surface area (Å²) >= 11 is 0. The first-order valence-electron chi connectivity index (χ1n) is 5.55. The third-order valence-electron chi connectivity index (χ3n) is 2.03. The summed E-state index contributed by atoms with van der Waals surface area (Å²) < 4.78 is 10.3. The molecular weight excluding hydrogens is 256 g/mol. The molecule has 0 saturated heterocycles. The van der Waals surface area contributed by atoms with Gasteiger partial charge in [0.05, 0.1) is 17.6 Å². The molecule has 0 unspecified atom stereocenters. The smallest absolute Gasteiger partial charge is 0.354 e. The van der Waals surface area contributed by atoms with Crippen molar-refractivity contribution in [2.45, 2.75) is 20.0 Å². The molecule has 0 aliphatic rings. The number of aromatic nitrogens is 1. The number of carbonyl (C=O) groups is 1. The molecule has 0 atom stereocenters. The Morgan fingerprint density at radius 1 is 1.47 bits per heavy atom. The van der Waals surface area contributed by atoms with Crippen molar-refractivity contribution in [3.8, 4) is 5.88 Å². The van der Waals surface area contributed by atoms with Gasteiger partial charge < -0.3 is 14.6 Å². The lowest BCUT2D eigenvalue weighted by Crippen LogP contribution is -2.13. The number of aromatic carboxylic acids is 1. The lowest BCUT2D eigenvalue weighted by atomic mass is 10.3. The van der Waals surface area contributed by atoms with Crippen molar-refractivity contribution in [1.82, 2.24) is 4.98 Å². The Kier molecular flexibility index (Phi) is 5.19. The second-order valence-corrected chi connectivity index (χ2v) is 3.85. The highest BCUT2D eigenvalue weighted by Crippen LogP contribution is 2.24. The van der Waals surface area contributed by atoms with Crippen LogP contribution in [0.2, 0.25) is 0 Å². The summed E-state index contributed by atoms with van der Waals surface area (Å²) in [5, 5.41) is 19.5. The van der Waals surface area contributed by atoms with Gasteiger partial charge in [0, 0.05) is 6.07 Å². The molecule has 1 rings (SSSR count). The predicted molar refractivity (Wildman–Crippen MR) is 64.4 cm³/mol. The van der Waals surface area contributed by atoms with E-state index in [0.717, 1.165) is 12.1 Å². The van der Waals surface area contributed by atoms with Crippen LogP contribution < -0.4 is 4.74 Å². The molecule has 1 heterocycles. The van der Waals surface area contributed by atoms with Gasteiger partial charge in [0.25, 0.3) is 5.88 Å². The number of carboxylic acid groups (broad SMARTS) is 1. The van der Waals surface area contributed by atoms with E-state index in [2.05, 4.69) is 4.98 Å². The van der Waals surface area contributed by atoms with Gasteiger partial charge in [-0.3, -0.25) is 10.1 Å². The largest absolute Gasteiger partial charge is 0.477 e. The van der Waals surface area contributed by atoms with E-state index in [1.807, 2.05) is 13.8 Å². The molecule has 0 aliphatic heterocycles. The van der Waals surface area contributed by atoms with Gasteiger partial charge in [0.15, 0.2) is 5.69 Å². The van der Waals surface area contributed by atoms with Crippen LogP contribution in [0.5, 0.6) is 5.88 Å². The van der Waals surface area contributed by atoms with E-state index in [4.69, 9.17) is 14.6 Å². The molecule has 1 aromatic heterocycles. The van der Waals surface area contributed by atoms with E-state index >= 15 is 0 Å². The van der Waals surface area contributed by atoms with Crippen LogP contribution in [0.4, 0.5) is 5.69 Å². The van der Waals surface area contributed by atoms with Gasteiger partial charge in [0.2, 0.25) is 0 Å². The van der Waals surface area contributed by atoms with Crippen LogP contribution in [0, 0.1) is 10.1 Å². The topological polar surface area (TPSA) is 112 Å². The fraction of sp³-hybridized carbons (Fsp3) is 0.455. The summed E-state index contributed by atoms with van der Waals surface area (Å²) in [4.78, 5) is 24.4. The Morgan fingerprint density at radius 3 is 2.68 bits per heavy atom. The molecule has 0 spiro atoms. The van der Waals surface area contributed by atoms with E-state index in [1.54, 1.807) is 0 Å². The van der Waals surface area contributed by atoms with Gasteiger partial charge in [-0.25, -0.2) is 9.78 Å². The number of nitrogens with zero attached hydrogens (tertiary/aromatic N) is 2. The van der Waals surface area contributed by atoms with Crippen molar-refractivity contribution in [2.24, 2.45) is 0 Å². The molecule has 0 aliphatic carbocycles. The van der Waals surface area contributed by atoms with Crippen molar-refractivity contribution in [1.29, 1.82) is 0 Å². The van der Waals surface area contributed by atoms with Crippen molar-refractivity contribution in [3.05, 3.63) is 27.9 Å². The van der Waals surface area contributed by atoms with Gasteiger partial charge in [-0.15, -0.1) is 0 Å². The molecule has 0 saturated carbocycles. The fourth-order valence-electron chi connectivity index (χ4n) is 1.22. The van der Waals surface area contributed by atoms with Gasteiger partial charge in [-0.2, -0.15) is 0 Å². The predicted octanol–water partition coefficient (Wildman–Crippen LogP) is 1.49. The van der Waals surface area contributed by atoms with Crippen LogP contribution in [0.1, 0.15) is 24.3 Å². The lowest BCUT2D eigenvalue weighted by Gasteiger charge is -2.09. The first-order valence-corrected chi connectivity index (χ1v) is 5.55. The number of pyridine rings is 1. The van der Waals surface area contributed by atoms with Crippen molar-refractivity contribution < 1.29 is 24.3 Å². The second kappa shape index (κ2) is 6.64. The summed E-state index contributed by atoms with van der Waals surface area (Å²) in [5.41, 5.74) is -0.695. The third-order valence-corrected chi connectivity index (χ3v) is 2.03. The molecule has 19 heavy (non-hydrogen) atoms. The summed E-state index contributed by atoms with van der Waals surface area (Å²) in [5.74, 6) is -1.60. The standard InChI is InChI=1S/C11H14N2O6/c1-7(2)18-5-6-19-10-9(13(16)17)4-3-8(12-10)11(14)15/h3-4,7H,5-6H2,1-2H3,(H,14,15). The average Bonchev–Trinajstić information content (AvgIpc) is 2.33. The van der Waals surface area contributed by atoms with Crippen LogP contribution in [0.15, 0.2) is 12.1 Å². The number of hydrogen-bond acceptors (Lipinski definition) is 6. The Bertz CT molecular complexity index is 474. The molecule has 0 aromatic carbocycles. The quantitative estimate of drug-likeness (QED) is 0.453. The van der Waals surface area contributed by atoms with Crippen LogP contribution in [-0.4, -0.2) is 40.3 Å². The van der Waals surface area contributed by atoms with Crippen LogP contribution >= 0.6 is 0 Å². The van der Waals surface area contributed by atoms with Crippen LogP contribution in [0.3, 0.4) is 0 Å². The van der Waals surface area contributed by atoms with Gasteiger partial charge in [0.1, 0.15) is 6.61 Å². The average molecular weight is 270 g/mol. The van der Waals surface area contributed by atoms with E-state index < -0.39 is 10.9 Å². The first kappa shape index (κ1) is 14.8. The molecule has 8 heteroatoms. The summed E-state index contributed by atoms with van der Waals surface area (Å²) in [6.45, 7) is 3.96. The molecule has 104 valence electrons. The molecular formula is C11H14N2O6. The third kappa shape index (κ3) is 4.51. The highest BCUT2D eigenvalue weighted by molar-refractivity contribution is 5.85. The highest BCUT2D eigenvalue weighted by atomic mass is 16.6. The summed E-state index contributed by atoms with van der Waals surface area (Å²) in [7, 11) is 0.